The Bertz CT molecular complexity index is 339. The average Bonchev–Trinajstić information content (AvgIpc) is 2.70. The molecule has 82 valence electrons. The topological polar surface area (TPSA) is 75.7 Å². The number of carbonyl (C=O) groups excluding carboxylic acids is 2. The predicted molar refractivity (Wildman–Crippen MR) is 44.4 cm³/mol. The van der Waals surface area contributed by atoms with Crippen LogP contribution in [0.15, 0.2) is 0 Å². The summed E-state index contributed by atoms with van der Waals surface area (Å²) < 4.78 is 10.7. The molecule has 3 aliphatic rings. The van der Waals surface area contributed by atoms with Crippen molar-refractivity contribution in [2.24, 2.45) is 11.8 Å². The van der Waals surface area contributed by atoms with E-state index in [0.29, 0.717) is 0 Å². The number of carboxylic acids is 1. The SMILES string of the molecule is O=C1C[C@@H]2[C@H](C(=O)[O-])[C@@H]3CC[C@]2(CO1)O3. The van der Waals surface area contributed by atoms with Gasteiger partial charge in [-0.2, -0.15) is 0 Å². The molecule has 15 heavy (non-hydrogen) atoms. The van der Waals surface area contributed by atoms with Crippen molar-refractivity contribution in [2.45, 2.75) is 31.0 Å². The predicted octanol–water partition coefficient (Wildman–Crippen LogP) is -1.15. The Morgan fingerprint density at radius 3 is 3.07 bits per heavy atom. The van der Waals surface area contributed by atoms with Crippen LogP contribution >= 0.6 is 0 Å². The maximum absolute atomic E-state index is 11.2. The van der Waals surface area contributed by atoms with Gasteiger partial charge in [-0.1, -0.05) is 0 Å². The first-order valence-electron chi connectivity index (χ1n) is 5.17. The molecule has 0 amide bonds. The number of aliphatic carboxylic acids is 1. The molecule has 0 aromatic rings. The van der Waals surface area contributed by atoms with Crippen molar-refractivity contribution in [2.75, 3.05) is 6.61 Å². The molecule has 3 saturated heterocycles. The maximum Gasteiger partial charge on any atom is 0.306 e. The Hall–Kier alpha value is -1.10. The van der Waals surface area contributed by atoms with Crippen molar-refractivity contribution in [3.63, 3.8) is 0 Å². The molecule has 2 bridgehead atoms. The van der Waals surface area contributed by atoms with Crippen molar-refractivity contribution in [3.05, 3.63) is 0 Å². The Labute approximate surface area is 86.4 Å². The largest absolute Gasteiger partial charge is 0.550 e. The van der Waals surface area contributed by atoms with Gasteiger partial charge in [0.15, 0.2) is 0 Å². The number of ether oxygens (including phenoxy) is 2. The monoisotopic (exact) mass is 211 g/mol. The second kappa shape index (κ2) is 2.72. The highest BCUT2D eigenvalue weighted by molar-refractivity contribution is 5.75. The molecule has 0 N–H and O–H groups in total. The van der Waals surface area contributed by atoms with Gasteiger partial charge < -0.3 is 19.4 Å². The maximum atomic E-state index is 11.2. The van der Waals surface area contributed by atoms with Gasteiger partial charge in [0.25, 0.3) is 0 Å². The summed E-state index contributed by atoms with van der Waals surface area (Å²) in [6.07, 6.45) is 1.39. The zero-order valence-electron chi connectivity index (χ0n) is 8.10. The van der Waals surface area contributed by atoms with Crippen molar-refractivity contribution in [1.82, 2.24) is 0 Å². The first kappa shape index (κ1) is 9.15. The number of hydrogen-bond donors (Lipinski definition) is 0. The van der Waals surface area contributed by atoms with Crippen LogP contribution in [0.4, 0.5) is 0 Å². The molecule has 0 aromatic carbocycles. The first-order valence-corrected chi connectivity index (χ1v) is 5.17. The van der Waals surface area contributed by atoms with Crippen LogP contribution in [0.2, 0.25) is 0 Å². The average molecular weight is 211 g/mol. The lowest BCUT2D eigenvalue weighted by Gasteiger charge is -2.39. The molecule has 3 rings (SSSR count). The first-order chi connectivity index (χ1) is 7.12. The third kappa shape index (κ3) is 1.07. The lowest BCUT2D eigenvalue weighted by Crippen LogP contribution is -2.51. The lowest BCUT2D eigenvalue weighted by molar-refractivity contribution is -0.314. The number of esters is 1. The van der Waals surface area contributed by atoms with Crippen LogP contribution in [0, 0.1) is 11.8 Å². The molecule has 5 heteroatoms. The number of hydrogen-bond acceptors (Lipinski definition) is 5. The minimum atomic E-state index is -1.10. The van der Waals surface area contributed by atoms with E-state index in [0.717, 1.165) is 12.8 Å². The van der Waals surface area contributed by atoms with Crippen molar-refractivity contribution >= 4 is 11.9 Å². The minimum Gasteiger partial charge on any atom is -0.550 e. The molecule has 5 nitrogen and oxygen atoms in total. The quantitative estimate of drug-likeness (QED) is 0.512. The second-order valence-electron chi connectivity index (χ2n) is 4.58. The van der Waals surface area contributed by atoms with Crippen LogP contribution in [-0.2, 0) is 19.1 Å². The Morgan fingerprint density at radius 2 is 2.33 bits per heavy atom. The molecule has 3 aliphatic heterocycles. The van der Waals surface area contributed by atoms with Gasteiger partial charge in [-0.25, -0.2) is 0 Å². The highest BCUT2D eigenvalue weighted by Crippen LogP contribution is 2.54. The third-order valence-corrected chi connectivity index (χ3v) is 3.88. The molecule has 0 aliphatic carbocycles. The van der Waals surface area contributed by atoms with E-state index >= 15 is 0 Å². The standard InChI is InChI=1S/C10H12O5/c11-7-3-5-8(9(12)13)6-1-2-10(5,15-6)4-14-7/h5-6,8H,1-4H2,(H,12,13)/p-1/t5-,6+,8+,10-/m1/s1. The Balaban J connectivity index is 1.95. The van der Waals surface area contributed by atoms with Crippen molar-refractivity contribution in [3.8, 4) is 0 Å². The number of rotatable bonds is 1. The summed E-state index contributed by atoms with van der Waals surface area (Å²) >= 11 is 0. The molecule has 0 radical (unpaired) electrons. The van der Waals surface area contributed by atoms with E-state index in [-0.39, 0.29) is 31.0 Å². The van der Waals surface area contributed by atoms with Gasteiger partial charge in [0.05, 0.1) is 12.5 Å². The Morgan fingerprint density at radius 1 is 1.53 bits per heavy atom. The molecular formula is C10H11O5-. The molecule has 3 fully saturated rings. The van der Waals surface area contributed by atoms with E-state index in [4.69, 9.17) is 9.47 Å². The lowest BCUT2D eigenvalue weighted by atomic mass is 9.69. The number of fused-ring (bicyclic) bond motifs is 1. The summed E-state index contributed by atoms with van der Waals surface area (Å²) in [5.41, 5.74) is -0.524. The molecule has 0 unspecified atom stereocenters. The fourth-order valence-corrected chi connectivity index (χ4v) is 3.20. The van der Waals surface area contributed by atoms with Crippen molar-refractivity contribution < 1.29 is 24.2 Å². The van der Waals surface area contributed by atoms with Gasteiger partial charge in [-0.3, -0.25) is 4.79 Å². The number of cyclic esters (lactones) is 1. The molecule has 1 spiro atoms. The molecule has 0 aromatic heterocycles. The summed E-state index contributed by atoms with van der Waals surface area (Å²) in [4.78, 5) is 22.2. The Kier molecular flexibility index (Phi) is 1.66. The van der Waals surface area contributed by atoms with Gasteiger partial charge in [-0.05, 0) is 12.8 Å². The molecule has 3 heterocycles. The van der Waals surface area contributed by atoms with Crippen LogP contribution in [0.3, 0.4) is 0 Å². The fourth-order valence-electron chi connectivity index (χ4n) is 3.20. The van der Waals surface area contributed by atoms with Gasteiger partial charge >= 0.3 is 5.97 Å². The zero-order chi connectivity index (χ0) is 10.6. The second-order valence-corrected chi connectivity index (χ2v) is 4.58. The summed E-state index contributed by atoms with van der Waals surface area (Å²) in [7, 11) is 0. The van der Waals surface area contributed by atoms with Crippen LogP contribution in [0.5, 0.6) is 0 Å². The zero-order valence-corrected chi connectivity index (χ0v) is 8.10. The highest BCUT2D eigenvalue weighted by Gasteiger charge is 2.62. The van der Waals surface area contributed by atoms with E-state index in [2.05, 4.69) is 0 Å². The highest BCUT2D eigenvalue weighted by atomic mass is 16.6. The molecule has 4 atom stereocenters. The number of carbonyl (C=O) groups is 2. The van der Waals surface area contributed by atoms with Gasteiger partial charge in [-0.15, -0.1) is 0 Å². The van der Waals surface area contributed by atoms with Gasteiger partial charge in [0.2, 0.25) is 0 Å². The van der Waals surface area contributed by atoms with E-state index in [1.807, 2.05) is 0 Å². The van der Waals surface area contributed by atoms with Gasteiger partial charge in [0, 0.05) is 17.8 Å². The van der Waals surface area contributed by atoms with E-state index in [9.17, 15) is 14.7 Å². The minimum absolute atomic E-state index is 0.148. The molecule has 0 saturated carbocycles. The third-order valence-electron chi connectivity index (χ3n) is 3.88. The smallest absolute Gasteiger partial charge is 0.306 e. The fraction of sp³-hybridized carbons (Fsp3) is 0.800. The van der Waals surface area contributed by atoms with E-state index < -0.39 is 17.5 Å². The van der Waals surface area contributed by atoms with Crippen LogP contribution in [0.1, 0.15) is 19.3 Å². The summed E-state index contributed by atoms with van der Waals surface area (Å²) in [5.74, 6) is -2.30. The summed E-state index contributed by atoms with van der Waals surface area (Å²) in [6, 6.07) is 0. The van der Waals surface area contributed by atoms with Crippen LogP contribution < -0.4 is 5.11 Å². The summed E-state index contributed by atoms with van der Waals surface area (Å²) in [5, 5.41) is 11.0. The molecular weight excluding hydrogens is 200 g/mol. The summed E-state index contributed by atoms with van der Waals surface area (Å²) in [6.45, 7) is 0.205. The van der Waals surface area contributed by atoms with Crippen molar-refractivity contribution in [1.29, 1.82) is 0 Å². The van der Waals surface area contributed by atoms with Crippen LogP contribution in [-0.4, -0.2) is 30.3 Å². The van der Waals surface area contributed by atoms with E-state index in [1.165, 1.54) is 0 Å². The number of carboxylic acid groups (broad SMARTS) is 1. The van der Waals surface area contributed by atoms with E-state index in [1.54, 1.807) is 0 Å². The van der Waals surface area contributed by atoms with Gasteiger partial charge in [0.1, 0.15) is 12.2 Å². The normalized spacial score (nSPS) is 47.5. The van der Waals surface area contributed by atoms with Crippen LogP contribution in [0.25, 0.3) is 0 Å².